The number of carbonyl (C=O) groups excluding carboxylic acids is 2. The van der Waals surface area contributed by atoms with Gasteiger partial charge in [-0.25, -0.2) is 0 Å². The number of rotatable bonds is 49. The summed E-state index contributed by atoms with van der Waals surface area (Å²) in [5.74, 6) is 0.813. The van der Waals surface area contributed by atoms with Gasteiger partial charge in [0.1, 0.15) is 35.4 Å². The Morgan fingerprint density at radius 1 is 0.412 bits per heavy atom. The number of unbranched alkanes of at least 4 members (excludes halogenated alkanes) is 32. The van der Waals surface area contributed by atoms with Crippen LogP contribution in [0.2, 0.25) is 0 Å². The molecule has 0 bridgehead atoms. The molecule has 0 saturated heterocycles. The van der Waals surface area contributed by atoms with Gasteiger partial charge in [-0.05, 0) is 134 Å². The maximum atomic E-state index is 15.7. The number of carbonyl (C=O) groups is 2. The number of nitriles is 2. The van der Waals surface area contributed by atoms with E-state index >= 15 is 9.59 Å². The van der Waals surface area contributed by atoms with Crippen molar-refractivity contribution in [2.24, 2.45) is 11.8 Å². The Bertz CT molecular complexity index is 3790. The topological polar surface area (TPSA) is 96.9 Å². The summed E-state index contributed by atoms with van der Waals surface area (Å²) >= 11 is 6.30. The summed E-state index contributed by atoms with van der Waals surface area (Å²) in [4.78, 5) is 46.9. The van der Waals surface area contributed by atoms with E-state index in [0.29, 0.717) is 45.1 Å². The van der Waals surface area contributed by atoms with Crippen LogP contribution >= 0.6 is 45.3 Å². The van der Waals surface area contributed by atoms with Crippen LogP contribution < -0.4 is 27.9 Å². The fourth-order valence-corrected chi connectivity index (χ4v) is 18.7. The van der Waals surface area contributed by atoms with E-state index in [-0.39, 0.29) is 23.2 Å². The molecular weight excluding hydrogens is 1330 g/mol. The highest BCUT2D eigenvalue weighted by Gasteiger charge is 2.37. The maximum absolute atomic E-state index is 15.7. The van der Waals surface area contributed by atoms with E-state index in [1.807, 2.05) is 48.6 Å². The highest BCUT2D eigenvalue weighted by molar-refractivity contribution is 7.17. The smallest absolute Gasteiger partial charge is 0.307 e. The van der Waals surface area contributed by atoms with Crippen molar-refractivity contribution in [1.29, 1.82) is 10.5 Å². The highest BCUT2D eigenvalue weighted by Crippen LogP contribution is 2.45. The molecule has 8 nitrogen and oxygen atoms in total. The van der Waals surface area contributed by atoms with E-state index in [1.165, 1.54) is 254 Å². The van der Waals surface area contributed by atoms with Gasteiger partial charge >= 0.3 is 5.82 Å². The summed E-state index contributed by atoms with van der Waals surface area (Å²) in [6.45, 7) is 25.5. The largest absolute Gasteiger partial charge is 0.536 e. The van der Waals surface area contributed by atoms with Gasteiger partial charge in [0.05, 0.1) is 15.9 Å². The average molecular weight is 1440 g/mol. The van der Waals surface area contributed by atoms with E-state index in [2.05, 4.69) is 120 Å². The van der Waals surface area contributed by atoms with Crippen LogP contribution in [0.1, 0.15) is 305 Å². The van der Waals surface area contributed by atoms with Crippen LogP contribution in [0.15, 0.2) is 97.1 Å². The fraction of sp³-hybridized carbons (Fsp3) is 0.533. The molecule has 2 aliphatic heterocycles. The predicted octanol–water partition coefficient (Wildman–Crippen LogP) is 25.1. The first-order valence-electron chi connectivity index (χ1n) is 39.9. The number of hydrogen-bond donors (Lipinski definition) is 0. The van der Waals surface area contributed by atoms with Crippen molar-refractivity contribution in [3.8, 4) is 33.0 Å². The Morgan fingerprint density at radius 3 is 1.07 bits per heavy atom. The number of hydrogen-bond acceptors (Lipinski definition) is 8. The Labute approximate surface area is 630 Å². The molecule has 6 aromatic rings. The number of anilines is 2. The van der Waals surface area contributed by atoms with Gasteiger partial charge in [0.2, 0.25) is 0 Å². The molecule has 0 N–H and O–H groups in total. The van der Waals surface area contributed by atoms with Gasteiger partial charge in [0.15, 0.2) is 0 Å². The zero-order valence-corrected chi connectivity index (χ0v) is 65.6. The standard InChI is InChI=1S/C90H116N6O2S4/c1-7-11-15-19-23-27-29-33-37-41-45-69(43-39-35-31-25-21-17-13-9-3)67-95-82-61-71(84-57-49-74(99-84)63-76-51-59-86(101-76)73(65-91)66-92)47-53-78(82)80(89(95)97)55-56-81-79-54-48-72(85-58-50-75(100-85)64-77-52-60-87(102-77)88(93-5)94-6)62-83(79)96(90(81)98)68-70(44-40-36-32-26-22-18-14-10-4)46-42-38-34-30-28-24-20-16-12-8-2/h47-64,69-70H,7-46,67-68H2,1-4H3/b76-63+,77-64+,80-55+,81-56+. The molecule has 0 aliphatic carbocycles. The highest BCUT2D eigenvalue weighted by atomic mass is 32.1. The number of nitrogens with zero attached hydrogens (tertiary/aromatic N) is 6. The Balaban J connectivity index is 1.14. The number of allylic oxidation sites excluding steroid dienone is 2. The second-order valence-electron chi connectivity index (χ2n) is 28.9. The second kappa shape index (κ2) is 46.0. The fourth-order valence-electron chi connectivity index (χ4n) is 14.8. The summed E-state index contributed by atoms with van der Waals surface area (Å²) in [5.41, 5.74) is 7.17. The Kier molecular flexibility index (Phi) is 36.5. The number of amides is 2. The normalized spacial score (nSPS) is 14.4. The van der Waals surface area contributed by atoms with Gasteiger partial charge in [-0.15, -0.1) is 45.3 Å². The lowest BCUT2D eigenvalue weighted by atomic mass is 9.93. The zero-order valence-electron chi connectivity index (χ0n) is 62.4. The van der Waals surface area contributed by atoms with Crippen molar-refractivity contribution in [3.05, 3.63) is 159 Å². The third-order valence-corrected chi connectivity index (χ3v) is 25.1. The lowest BCUT2D eigenvalue weighted by Gasteiger charge is -2.25. The van der Waals surface area contributed by atoms with Crippen LogP contribution in [0.4, 0.5) is 11.4 Å². The van der Waals surface area contributed by atoms with Crippen molar-refractivity contribution in [3.63, 3.8) is 0 Å². The molecule has 0 saturated carbocycles. The van der Waals surface area contributed by atoms with E-state index in [4.69, 9.17) is 13.1 Å². The van der Waals surface area contributed by atoms with Gasteiger partial charge in [0, 0.05) is 63.9 Å². The molecule has 0 fully saturated rings. The third-order valence-electron chi connectivity index (χ3n) is 20.8. The van der Waals surface area contributed by atoms with Crippen LogP contribution in [0.5, 0.6) is 0 Å². The molecule has 2 atom stereocenters. The molecule has 2 aromatic carbocycles. The maximum Gasteiger partial charge on any atom is 0.536 e. The van der Waals surface area contributed by atoms with E-state index < -0.39 is 0 Å². The molecule has 2 amide bonds. The van der Waals surface area contributed by atoms with Crippen molar-refractivity contribution in [2.75, 3.05) is 22.9 Å². The minimum absolute atomic E-state index is 0.00262. The van der Waals surface area contributed by atoms with Crippen LogP contribution in [-0.4, -0.2) is 24.9 Å². The summed E-state index contributed by atoms with van der Waals surface area (Å²) in [6, 6.07) is 33.4. The van der Waals surface area contributed by atoms with Gasteiger partial charge in [0.25, 0.3) is 11.8 Å². The van der Waals surface area contributed by atoms with E-state index in [0.717, 1.165) is 87.9 Å². The second-order valence-corrected chi connectivity index (χ2v) is 33.4. The molecule has 2 unspecified atom stereocenters. The van der Waals surface area contributed by atoms with Crippen molar-refractivity contribution in [1.82, 2.24) is 0 Å². The Hall–Kier alpha value is -6.90. The molecule has 12 heteroatoms. The zero-order chi connectivity index (χ0) is 71.9. The van der Waals surface area contributed by atoms with Crippen molar-refractivity contribution >= 4 is 103 Å². The quantitative estimate of drug-likeness (QED) is 0.0216. The molecule has 102 heavy (non-hydrogen) atoms. The van der Waals surface area contributed by atoms with Crippen LogP contribution in [0.3, 0.4) is 0 Å². The van der Waals surface area contributed by atoms with Crippen molar-refractivity contribution < 1.29 is 9.59 Å². The van der Waals surface area contributed by atoms with Crippen LogP contribution in [0, 0.1) is 47.6 Å². The van der Waals surface area contributed by atoms with E-state index in [9.17, 15) is 10.5 Å². The number of fused-ring (bicyclic) bond motifs is 2. The van der Waals surface area contributed by atoms with Gasteiger partial charge in [-0.2, -0.15) is 20.2 Å². The van der Waals surface area contributed by atoms with Crippen LogP contribution in [-0.2, 0) is 9.59 Å². The Morgan fingerprint density at radius 2 is 0.735 bits per heavy atom. The van der Waals surface area contributed by atoms with Crippen molar-refractivity contribution in [2.45, 2.75) is 285 Å². The minimum atomic E-state index is 0.00262. The molecule has 2 aliphatic rings. The molecule has 542 valence electrons. The first-order chi connectivity index (χ1) is 50.1. The number of benzene rings is 2. The molecule has 4 aromatic heterocycles. The first kappa shape index (κ1) is 80.8. The molecule has 8 rings (SSSR count). The van der Waals surface area contributed by atoms with Gasteiger partial charge in [-0.1, -0.05) is 283 Å². The lowest BCUT2D eigenvalue weighted by molar-refractivity contribution is -0.114. The molecular formula is C90H116N6O2S4. The van der Waals surface area contributed by atoms with Gasteiger partial charge < -0.3 is 9.80 Å². The number of thiophene rings is 4. The van der Waals surface area contributed by atoms with Gasteiger partial charge in [-0.3, -0.25) is 9.59 Å². The summed E-state index contributed by atoms with van der Waals surface area (Å²) < 4.78 is 3.31. The SMILES string of the molecule is [C-]#[N+]C([N+]#[C-])=c1cc/c(=C\c2ccc(-c3ccc4c(c3)N(CC(CCCCCCCCCC)CCCCCCCCCCCC)C(=O)/C4=C/C=C3/C(=O)N(CC(CCCCCCCCCC)CCCCCCCCCCCC)c4cc(-c5ccc(/C=c6\ccc(=C(C#N)C#N)s6)s5)ccc43)s2)s1. The third kappa shape index (κ3) is 25.5. The molecule has 0 spiro atoms. The summed E-state index contributed by atoms with van der Waals surface area (Å²) in [5, 5.41) is 19.1. The molecule has 6 heterocycles. The molecule has 0 radical (unpaired) electrons. The predicted molar refractivity (Wildman–Crippen MR) is 440 cm³/mol. The monoisotopic (exact) mass is 1440 g/mol. The minimum Gasteiger partial charge on any atom is -0.307 e. The lowest BCUT2D eigenvalue weighted by Crippen LogP contribution is -2.32. The average Bonchev–Trinajstić information content (AvgIpc) is 1.61. The van der Waals surface area contributed by atoms with E-state index in [1.54, 1.807) is 22.7 Å². The first-order valence-corrected chi connectivity index (χ1v) is 43.1. The summed E-state index contributed by atoms with van der Waals surface area (Å²) in [6.07, 6.45) is 58.8. The summed E-state index contributed by atoms with van der Waals surface area (Å²) in [7, 11) is 0. The van der Waals surface area contributed by atoms with Crippen LogP contribution in [0.25, 0.3) is 65.3 Å².